The van der Waals surface area contributed by atoms with Gasteiger partial charge >= 0.3 is 0 Å². The predicted octanol–water partition coefficient (Wildman–Crippen LogP) is 2.54. The summed E-state index contributed by atoms with van der Waals surface area (Å²) in [5.74, 6) is -1.14. The first kappa shape index (κ1) is 25.8. The van der Waals surface area contributed by atoms with Crippen molar-refractivity contribution in [3.63, 3.8) is 0 Å². The van der Waals surface area contributed by atoms with E-state index in [-0.39, 0.29) is 52.7 Å². The number of methoxy groups -OCH3 is 1. The number of hydrogen-bond acceptors (Lipinski definition) is 9. The standard InChI is InChI=1S/C24H26N2O8S/c1-15(2)16-8-9-22(25-14-16)35(30,31)26-18-12-17(24(28)29)13-21(33-11-10-27)23(18)34-20-7-5-4-6-19(20)32-3/h4-9,12-15,26-27H,10-11H2,1-3H3,(H,28,29)/p-1. The number of hydrogen-bond donors (Lipinski definition) is 2. The van der Waals surface area contributed by atoms with E-state index in [0.29, 0.717) is 5.75 Å². The van der Waals surface area contributed by atoms with Crippen molar-refractivity contribution < 1.29 is 37.6 Å². The molecule has 0 saturated heterocycles. The van der Waals surface area contributed by atoms with Crippen LogP contribution in [-0.4, -0.2) is 44.8 Å². The lowest BCUT2D eigenvalue weighted by molar-refractivity contribution is -0.255. The number of carbonyl (C=O) groups excluding carboxylic acids is 1. The molecular formula is C24H25N2O8S-. The van der Waals surface area contributed by atoms with Gasteiger partial charge in [0.2, 0.25) is 0 Å². The molecule has 0 aliphatic rings. The Labute approximate surface area is 203 Å². The van der Waals surface area contributed by atoms with E-state index < -0.39 is 16.0 Å². The maximum Gasteiger partial charge on any atom is 0.279 e. The normalized spacial score (nSPS) is 11.2. The highest BCUT2D eigenvalue weighted by Gasteiger charge is 2.23. The van der Waals surface area contributed by atoms with Crippen LogP contribution in [0.15, 0.2) is 59.8 Å². The molecule has 0 aliphatic carbocycles. The minimum absolute atomic E-state index is 0.132. The Hall–Kier alpha value is -3.83. The lowest BCUT2D eigenvalue weighted by Crippen LogP contribution is -2.23. The van der Waals surface area contributed by atoms with E-state index in [4.69, 9.17) is 14.2 Å². The van der Waals surface area contributed by atoms with Gasteiger partial charge in [0.05, 0.1) is 25.4 Å². The molecule has 0 atom stereocenters. The Bertz CT molecular complexity index is 1290. The summed E-state index contributed by atoms with van der Waals surface area (Å²) in [5, 5.41) is 20.5. The van der Waals surface area contributed by atoms with Crippen LogP contribution >= 0.6 is 0 Å². The third kappa shape index (κ3) is 6.19. The number of aliphatic hydroxyl groups is 1. The Morgan fingerprint density at radius 1 is 1.11 bits per heavy atom. The van der Waals surface area contributed by atoms with Gasteiger partial charge < -0.3 is 29.2 Å². The van der Waals surface area contributed by atoms with Crippen LogP contribution in [0.3, 0.4) is 0 Å². The number of carboxylic acid groups (broad SMARTS) is 1. The molecule has 35 heavy (non-hydrogen) atoms. The summed E-state index contributed by atoms with van der Waals surface area (Å²) in [6.45, 7) is 3.31. The van der Waals surface area contributed by atoms with Crippen molar-refractivity contribution in [3.8, 4) is 23.0 Å². The van der Waals surface area contributed by atoms with E-state index in [2.05, 4.69) is 9.71 Å². The van der Waals surface area contributed by atoms with Crippen LogP contribution in [0.25, 0.3) is 0 Å². The number of sulfonamides is 1. The van der Waals surface area contributed by atoms with Crippen molar-refractivity contribution in [2.24, 2.45) is 0 Å². The van der Waals surface area contributed by atoms with Gasteiger partial charge in [0.1, 0.15) is 6.61 Å². The van der Waals surface area contributed by atoms with Gasteiger partial charge in [0, 0.05) is 11.8 Å². The van der Waals surface area contributed by atoms with E-state index >= 15 is 0 Å². The van der Waals surface area contributed by atoms with Gasteiger partial charge in [-0.3, -0.25) is 4.72 Å². The molecule has 186 valence electrons. The smallest absolute Gasteiger partial charge is 0.279 e. The number of carboxylic acids is 1. The number of rotatable bonds is 11. The van der Waals surface area contributed by atoms with Crippen molar-refractivity contribution in [2.45, 2.75) is 24.8 Å². The molecule has 0 fully saturated rings. The molecule has 3 rings (SSSR count). The van der Waals surface area contributed by atoms with E-state index in [1.165, 1.54) is 19.4 Å². The Morgan fingerprint density at radius 3 is 2.40 bits per heavy atom. The molecule has 1 heterocycles. The molecule has 11 heteroatoms. The maximum absolute atomic E-state index is 13.1. The van der Waals surface area contributed by atoms with Gasteiger partial charge in [-0.25, -0.2) is 4.98 Å². The van der Waals surface area contributed by atoms with Crippen LogP contribution in [0.1, 0.15) is 35.7 Å². The van der Waals surface area contributed by atoms with Gasteiger partial charge in [0.25, 0.3) is 10.0 Å². The van der Waals surface area contributed by atoms with E-state index in [1.54, 1.807) is 30.3 Å². The van der Waals surface area contributed by atoms with Crippen LogP contribution in [-0.2, 0) is 10.0 Å². The molecule has 0 bridgehead atoms. The minimum Gasteiger partial charge on any atom is -0.545 e. The topological polar surface area (TPSA) is 147 Å². The first-order chi connectivity index (χ1) is 16.7. The molecule has 0 unspecified atom stereocenters. The molecule has 0 spiro atoms. The zero-order chi connectivity index (χ0) is 25.6. The highest BCUT2D eigenvalue weighted by atomic mass is 32.2. The van der Waals surface area contributed by atoms with E-state index in [1.807, 2.05) is 13.8 Å². The lowest BCUT2D eigenvalue weighted by Gasteiger charge is -2.20. The van der Waals surface area contributed by atoms with Crippen LogP contribution in [0.5, 0.6) is 23.0 Å². The average Bonchev–Trinajstić information content (AvgIpc) is 2.84. The van der Waals surface area contributed by atoms with Gasteiger partial charge in [-0.1, -0.05) is 32.0 Å². The first-order valence-electron chi connectivity index (χ1n) is 10.6. The Kier molecular flexibility index (Phi) is 8.15. The number of anilines is 1. The molecule has 0 aliphatic heterocycles. The summed E-state index contributed by atoms with van der Waals surface area (Å²) in [7, 11) is -2.83. The Balaban J connectivity index is 2.12. The van der Waals surface area contributed by atoms with Crippen molar-refractivity contribution in [2.75, 3.05) is 25.0 Å². The van der Waals surface area contributed by atoms with Crippen LogP contribution in [0.2, 0.25) is 0 Å². The number of carbonyl (C=O) groups is 1. The first-order valence-corrected chi connectivity index (χ1v) is 12.1. The zero-order valence-corrected chi connectivity index (χ0v) is 20.2. The molecule has 10 nitrogen and oxygen atoms in total. The quantitative estimate of drug-likeness (QED) is 0.404. The number of aromatic nitrogens is 1. The summed E-state index contributed by atoms with van der Waals surface area (Å²) in [6, 6.07) is 11.7. The number of ether oxygens (including phenoxy) is 3. The predicted molar refractivity (Wildman–Crippen MR) is 126 cm³/mol. The van der Waals surface area contributed by atoms with Crippen LogP contribution < -0.4 is 24.0 Å². The largest absolute Gasteiger partial charge is 0.545 e. The Morgan fingerprint density at radius 2 is 1.83 bits per heavy atom. The molecule has 0 saturated carbocycles. The highest BCUT2D eigenvalue weighted by Crippen LogP contribution is 2.43. The molecule has 1 aromatic heterocycles. The summed E-state index contributed by atoms with van der Waals surface area (Å²) in [5.41, 5.74) is 0.245. The van der Waals surface area contributed by atoms with Crippen molar-refractivity contribution in [1.29, 1.82) is 0 Å². The maximum atomic E-state index is 13.1. The molecule has 0 amide bonds. The van der Waals surface area contributed by atoms with E-state index in [9.17, 15) is 23.4 Å². The fourth-order valence-electron chi connectivity index (χ4n) is 3.07. The monoisotopic (exact) mass is 501 g/mol. The average molecular weight is 502 g/mol. The summed E-state index contributed by atoms with van der Waals surface area (Å²) in [6.07, 6.45) is 1.46. The van der Waals surface area contributed by atoms with Gasteiger partial charge in [0.15, 0.2) is 28.0 Å². The van der Waals surface area contributed by atoms with Gasteiger partial charge in [-0.2, -0.15) is 8.42 Å². The number of aliphatic hydroxyl groups excluding tert-OH is 1. The number of para-hydroxylation sites is 2. The fraction of sp³-hybridized carbons (Fsp3) is 0.250. The van der Waals surface area contributed by atoms with Crippen LogP contribution in [0, 0.1) is 0 Å². The number of aromatic carboxylic acids is 1. The molecule has 0 radical (unpaired) electrons. The van der Waals surface area contributed by atoms with E-state index in [0.717, 1.165) is 17.7 Å². The van der Waals surface area contributed by atoms with Crippen molar-refractivity contribution in [3.05, 3.63) is 65.9 Å². The molecule has 2 aromatic carbocycles. The second-order valence-electron chi connectivity index (χ2n) is 7.65. The van der Waals surface area contributed by atoms with Crippen molar-refractivity contribution in [1.82, 2.24) is 4.98 Å². The van der Waals surface area contributed by atoms with Crippen molar-refractivity contribution >= 4 is 21.7 Å². The highest BCUT2D eigenvalue weighted by molar-refractivity contribution is 7.92. The third-order valence-electron chi connectivity index (χ3n) is 4.87. The van der Waals surface area contributed by atoms with Crippen LogP contribution in [0.4, 0.5) is 5.69 Å². The summed E-state index contributed by atoms with van der Waals surface area (Å²) < 4.78 is 45.3. The second kappa shape index (κ2) is 11.1. The number of nitrogens with one attached hydrogen (secondary N) is 1. The third-order valence-corrected chi connectivity index (χ3v) is 6.15. The molecular weight excluding hydrogens is 476 g/mol. The molecule has 2 N–H and O–H groups in total. The number of pyridine rings is 1. The lowest BCUT2D eigenvalue weighted by atomic mass is 10.1. The fourth-order valence-corrected chi connectivity index (χ4v) is 4.05. The SMILES string of the molecule is COc1ccccc1Oc1c(NS(=O)(=O)c2ccc(C(C)C)cn2)cc(C(=O)[O-])cc1OCCO. The molecule has 3 aromatic rings. The summed E-state index contributed by atoms with van der Waals surface area (Å²) >= 11 is 0. The number of nitrogens with zero attached hydrogens (tertiary/aromatic N) is 1. The van der Waals surface area contributed by atoms with Gasteiger partial charge in [-0.05, 0) is 41.8 Å². The summed E-state index contributed by atoms with van der Waals surface area (Å²) in [4.78, 5) is 15.7. The minimum atomic E-state index is -4.26. The second-order valence-corrected chi connectivity index (χ2v) is 9.28. The van der Waals surface area contributed by atoms with Gasteiger partial charge in [-0.15, -0.1) is 0 Å². The number of benzene rings is 2. The zero-order valence-electron chi connectivity index (χ0n) is 19.3.